The fraction of sp³-hybridized carbons (Fsp3) is 0.235. The van der Waals surface area contributed by atoms with Crippen LogP contribution in [-0.2, 0) is 13.1 Å². The molecule has 102 valence electrons. The van der Waals surface area contributed by atoms with Crippen LogP contribution in [0.15, 0.2) is 48.5 Å². The molecule has 0 saturated heterocycles. The van der Waals surface area contributed by atoms with E-state index >= 15 is 0 Å². The third-order valence-corrected chi connectivity index (χ3v) is 3.36. The molecule has 0 bridgehead atoms. The van der Waals surface area contributed by atoms with Gasteiger partial charge in [0.1, 0.15) is 6.07 Å². The molecule has 2 rings (SSSR count). The van der Waals surface area contributed by atoms with Crippen molar-refractivity contribution in [2.45, 2.75) is 20.0 Å². The Morgan fingerprint density at radius 3 is 2.45 bits per heavy atom. The van der Waals surface area contributed by atoms with Crippen molar-refractivity contribution in [1.29, 1.82) is 5.26 Å². The fourth-order valence-corrected chi connectivity index (χ4v) is 2.25. The van der Waals surface area contributed by atoms with Crippen LogP contribution < -0.4 is 10.6 Å². The zero-order chi connectivity index (χ0) is 14.4. The van der Waals surface area contributed by atoms with E-state index in [0.29, 0.717) is 12.1 Å². The van der Waals surface area contributed by atoms with Crippen LogP contribution >= 0.6 is 0 Å². The highest BCUT2D eigenvalue weighted by molar-refractivity contribution is 5.60. The quantitative estimate of drug-likeness (QED) is 0.904. The minimum absolute atomic E-state index is 0.458. The van der Waals surface area contributed by atoms with Gasteiger partial charge in [0.25, 0.3) is 0 Å². The van der Waals surface area contributed by atoms with Gasteiger partial charge >= 0.3 is 0 Å². The van der Waals surface area contributed by atoms with Crippen LogP contribution in [0.5, 0.6) is 0 Å². The van der Waals surface area contributed by atoms with E-state index in [1.807, 2.05) is 36.4 Å². The van der Waals surface area contributed by atoms with Gasteiger partial charge in [-0.2, -0.15) is 5.26 Å². The molecule has 0 atom stereocenters. The van der Waals surface area contributed by atoms with E-state index in [1.165, 1.54) is 5.56 Å². The van der Waals surface area contributed by atoms with E-state index in [9.17, 15) is 5.26 Å². The number of nitriles is 1. The normalized spacial score (nSPS) is 10.1. The van der Waals surface area contributed by atoms with Gasteiger partial charge < -0.3 is 10.6 Å². The average molecular weight is 265 g/mol. The number of hydrogen-bond acceptors (Lipinski definition) is 3. The number of benzene rings is 2. The molecule has 2 aromatic carbocycles. The molecule has 2 aromatic rings. The summed E-state index contributed by atoms with van der Waals surface area (Å²) in [7, 11) is 0. The summed E-state index contributed by atoms with van der Waals surface area (Å²) < 4.78 is 0. The predicted octanol–water partition coefficient (Wildman–Crippen LogP) is 3.04. The molecule has 0 saturated carbocycles. The molecule has 2 N–H and O–H groups in total. The number of rotatable bonds is 5. The first-order valence-electron chi connectivity index (χ1n) is 6.80. The van der Waals surface area contributed by atoms with Crippen molar-refractivity contribution in [1.82, 2.24) is 0 Å². The highest BCUT2D eigenvalue weighted by atomic mass is 15.1. The minimum atomic E-state index is 0.458. The molecule has 20 heavy (non-hydrogen) atoms. The number of nitrogens with zero attached hydrogens (tertiary/aromatic N) is 2. The Balaban J connectivity index is 2.30. The minimum Gasteiger partial charge on any atom is -0.366 e. The Bertz CT molecular complexity index is 599. The third kappa shape index (κ3) is 3.17. The van der Waals surface area contributed by atoms with Crippen molar-refractivity contribution in [3.63, 3.8) is 0 Å². The maximum atomic E-state index is 9.33. The lowest BCUT2D eigenvalue weighted by atomic mass is 10.1. The van der Waals surface area contributed by atoms with Gasteiger partial charge in [-0.3, -0.25) is 0 Å². The molecule has 0 aromatic heterocycles. The van der Waals surface area contributed by atoms with Crippen LogP contribution in [0.25, 0.3) is 0 Å². The van der Waals surface area contributed by atoms with Gasteiger partial charge in [-0.1, -0.05) is 36.4 Å². The lowest BCUT2D eigenvalue weighted by Crippen LogP contribution is -2.23. The van der Waals surface area contributed by atoms with Crippen LogP contribution in [-0.4, -0.2) is 6.54 Å². The largest absolute Gasteiger partial charge is 0.366 e. The molecule has 0 aliphatic rings. The Labute approximate surface area is 120 Å². The molecular formula is C17H19N3. The van der Waals surface area contributed by atoms with Gasteiger partial charge in [0.2, 0.25) is 0 Å². The van der Waals surface area contributed by atoms with E-state index in [2.05, 4.69) is 30.0 Å². The monoisotopic (exact) mass is 265 g/mol. The summed E-state index contributed by atoms with van der Waals surface area (Å²) in [5, 5.41) is 9.33. The van der Waals surface area contributed by atoms with Crippen LogP contribution in [0.3, 0.4) is 0 Å². The molecule has 0 fully saturated rings. The molecular weight excluding hydrogens is 246 g/mol. The second kappa shape index (κ2) is 6.74. The Morgan fingerprint density at radius 1 is 1.10 bits per heavy atom. The fourth-order valence-electron chi connectivity index (χ4n) is 2.25. The lowest BCUT2D eigenvalue weighted by Gasteiger charge is -2.24. The Kier molecular flexibility index (Phi) is 4.75. The first-order chi connectivity index (χ1) is 9.78. The summed E-state index contributed by atoms with van der Waals surface area (Å²) >= 11 is 0. The van der Waals surface area contributed by atoms with Gasteiger partial charge in [0.05, 0.1) is 11.3 Å². The predicted molar refractivity (Wildman–Crippen MR) is 82.2 cm³/mol. The van der Waals surface area contributed by atoms with E-state index < -0.39 is 0 Å². The van der Waals surface area contributed by atoms with E-state index in [4.69, 9.17) is 5.73 Å². The van der Waals surface area contributed by atoms with Gasteiger partial charge in [-0.05, 0) is 30.2 Å². The molecule has 0 radical (unpaired) electrons. The molecule has 0 unspecified atom stereocenters. The summed E-state index contributed by atoms with van der Waals surface area (Å²) in [6, 6.07) is 18.4. The SMILES string of the molecule is CCN(Cc1ccccc1)c1ccc(CN)cc1C#N. The van der Waals surface area contributed by atoms with Gasteiger partial charge in [0, 0.05) is 19.6 Å². The molecule has 0 aliphatic carbocycles. The molecule has 0 heterocycles. The molecule has 3 heteroatoms. The topological polar surface area (TPSA) is 53.0 Å². The second-order valence-electron chi connectivity index (χ2n) is 4.67. The van der Waals surface area contributed by atoms with E-state index in [1.54, 1.807) is 0 Å². The summed E-state index contributed by atoms with van der Waals surface area (Å²) in [6.07, 6.45) is 0. The van der Waals surface area contributed by atoms with Crippen molar-refractivity contribution in [2.75, 3.05) is 11.4 Å². The maximum absolute atomic E-state index is 9.33. The Hall–Kier alpha value is -2.31. The third-order valence-electron chi connectivity index (χ3n) is 3.36. The zero-order valence-electron chi connectivity index (χ0n) is 11.7. The molecule has 0 aliphatic heterocycles. The van der Waals surface area contributed by atoms with Crippen molar-refractivity contribution >= 4 is 5.69 Å². The molecule has 3 nitrogen and oxygen atoms in total. The number of nitrogens with two attached hydrogens (primary N) is 1. The van der Waals surface area contributed by atoms with Gasteiger partial charge in [0.15, 0.2) is 0 Å². The van der Waals surface area contributed by atoms with E-state index in [0.717, 1.165) is 24.3 Å². The van der Waals surface area contributed by atoms with Crippen molar-refractivity contribution in [2.24, 2.45) is 5.73 Å². The van der Waals surface area contributed by atoms with Gasteiger partial charge in [-0.25, -0.2) is 0 Å². The standard InChI is InChI=1S/C17H19N3/c1-2-20(13-14-6-4-3-5-7-14)17-9-8-15(11-18)10-16(17)12-19/h3-10H,2,11,13,18H2,1H3. The van der Waals surface area contributed by atoms with Crippen LogP contribution in [0.4, 0.5) is 5.69 Å². The summed E-state index contributed by atoms with van der Waals surface area (Å²) in [5.74, 6) is 0. The second-order valence-corrected chi connectivity index (χ2v) is 4.67. The molecule has 0 spiro atoms. The highest BCUT2D eigenvalue weighted by Crippen LogP contribution is 2.23. The summed E-state index contributed by atoms with van der Waals surface area (Å²) in [6.45, 7) is 4.21. The highest BCUT2D eigenvalue weighted by Gasteiger charge is 2.10. The van der Waals surface area contributed by atoms with Crippen LogP contribution in [0, 0.1) is 11.3 Å². The first-order valence-corrected chi connectivity index (χ1v) is 6.80. The van der Waals surface area contributed by atoms with Gasteiger partial charge in [-0.15, -0.1) is 0 Å². The molecule has 0 amide bonds. The number of anilines is 1. The van der Waals surface area contributed by atoms with Crippen molar-refractivity contribution in [3.05, 3.63) is 65.2 Å². The number of hydrogen-bond donors (Lipinski definition) is 1. The summed E-state index contributed by atoms with van der Waals surface area (Å²) in [5.41, 5.74) is 9.51. The van der Waals surface area contributed by atoms with Crippen LogP contribution in [0.2, 0.25) is 0 Å². The lowest BCUT2D eigenvalue weighted by molar-refractivity contribution is 0.829. The smallest absolute Gasteiger partial charge is 0.101 e. The average Bonchev–Trinajstić information content (AvgIpc) is 2.53. The zero-order valence-corrected chi connectivity index (χ0v) is 11.7. The van der Waals surface area contributed by atoms with Crippen molar-refractivity contribution < 1.29 is 0 Å². The van der Waals surface area contributed by atoms with E-state index in [-0.39, 0.29) is 0 Å². The first kappa shape index (κ1) is 14.1. The summed E-state index contributed by atoms with van der Waals surface area (Å²) in [4.78, 5) is 2.20. The maximum Gasteiger partial charge on any atom is 0.101 e. The van der Waals surface area contributed by atoms with Crippen LogP contribution in [0.1, 0.15) is 23.6 Å². The van der Waals surface area contributed by atoms with Crippen molar-refractivity contribution in [3.8, 4) is 6.07 Å². The Morgan fingerprint density at radius 2 is 1.85 bits per heavy atom.